The SMILES string of the molecule is C=CCC(c1cccc(Cl)c1)c1ccccn1. The van der Waals surface area contributed by atoms with Crippen molar-refractivity contribution < 1.29 is 0 Å². The normalized spacial score (nSPS) is 12.1. The summed E-state index contributed by atoms with van der Waals surface area (Å²) in [6, 6.07) is 13.9. The molecule has 0 radical (unpaired) electrons. The first kappa shape index (κ1) is 11.9. The van der Waals surface area contributed by atoms with Crippen LogP contribution in [0, 0.1) is 0 Å². The standard InChI is InChI=1S/C15H14ClN/c1-2-6-14(15-9-3-4-10-17-15)12-7-5-8-13(16)11-12/h2-5,7-11,14H,1,6H2. The second-order valence-electron chi connectivity index (χ2n) is 3.89. The van der Waals surface area contributed by atoms with Crippen molar-refractivity contribution in [3.8, 4) is 0 Å². The van der Waals surface area contributed by atoms with Gasteiger partial charge in [0, 0.05) is 22.8 Å². The molecule has 1 nitrogen and oxygen atoms in total. The molecule has 1 atom stereocenters. The lowest BCUT2D eigenvalue weighted by molar-refractivity contribution is 0.795. The Morgan fingerprint density at radius 3 is 2.76 bits per heavy atom. The van der Waals surface area contributed by atoms with Gasteiger partial charge in [-0.15, -0.1) is 6.58 Å². The molecule has 0 bridgehead atoms. The molecule has 0 amide bonds. The number of hydrogen-bond donors (Lipinski definition) is 0. The highest BCUT2D eigenvalue weighted by atomic mass is 35.5. The second-order valence-corrected chi connectivity index (χ2v) is 4.32. The van der Waals surface area contributed by atoms with Crippen molar-refractivity contribution in [3.05, 3.63) is 77.6 Å². The highest BCUT2D eigenvalue weighted by Crippen LogP contribution is 2.28. The minimum atomic E-state index is 0.229. The van der Waals surface area contributed by atoms with E-state index < -0.39 is 0 Å². The van der Waals surface area contributed by atoms with Crippen LogP contribution in [0.15, 0.2) is 61.3 Å². The van der Waals surface area contributed by atoms with E-state index in [4.69, 9.17) is 11.6 Å². The highest BCUT2D eigenvalue weighted by Gasteiger charge is 2.13. The van der Waals surface area contributed by atoms with Crippen molar-refractivity contribution in [2.45, 2.75) is 12.3 Å². The van der Waals surface area contributed by atoms with E-state index in [1.807, 2.05) is 48.7 Å². The van der Waals surface area contributed by atoms with Gasteiger partial charge in [-0.05, 0) is 36.2 Å². The Kier molecular flexibility index (Phi) is 3.94. The largest absolute Gasteiger partial charge is 0.261 e. The molecule has 1 unspecified atom stereocenters. The molecular weight excluding hydrogens is 230 g/mol. The number of halogens is 1. The molecule has 2 aromatic rings. The molecule has 0 saturated heterocycles. The van der Waals surface area contributed by atoms with Gasteiger partial charge in [-0.3, -0.25) is 4.98 Å². The van der Waals surface area contributed by atoms with Crippen molar-refractivity contribution in [1.29, 1.82) is 0 Å². The van der Waals surface area contributed by atoms with Crippen LogP contribution in [0.25, 0.3) is 0 Å². The van der Waals surface area contributed by atoms with Gasteiger partial charge < -0.3 is 0 Å². The Morgan fingerprint density at radius 1 is 1.24 bits per heavy atom. The summed E-state index contributed by atoms with van der Waals surface area (Å²) in [5.41, 5.74) is 2.23. The number of hydrogen-bond acceptors (Lipinski definition) is 1. The van der Waals surface area contributed by atoms with Crippen molar-refractivity contribution in [2.75, 3.05) is 0 Å². The molecular formula is C15H14ClN. The number of benzene rings is 1. The third-order valence-electron chi connectivity index (χ3n) is 2.70. The summed E-state index contributed by atoms with van der Waals surface area (Å²) >= 11 is 6.03. The number of pyridine rings is 1. The Labute approximate surface area is 107 Å². The predicted molar refractivity (Wildman–Crippen MR) is 72.3 cm³/mol. The maximum absolute atomic E-state index is 6.03. The molecule has 0 aliphatic rings. The number of aromatic nitrogens is 1. The predicted octanol–water partition coefficient (Wildman–Crippen LogP) is 4.44. The molecule has 2 heteroatoms. The molecule has 17 heavy (non-hydrogen) atoms. The van der Waals surface area contributed by atoms with Gasteiger partial charge in [0.1, 0.15) is 0 Å². The monoisotopic (exact) mass is 243 g/mol. The van der Waals surface area contributed by atoms with Crippen LogP contribution in [0.1, 0.15) is 23.6 Å². The Hall–Kier alpha value is -1.60. The fraction of sp³-hybridized carbons (Fsp3) is 0.133. The minimum absolute atomic E-state index is 0.229. The van der Waals surface area contributed by atoms with Crippen LogP contribution < -0.4 is 0 Å². The third-order valence-corrected chi connectivity index (χ3v) is 2.93. The zero-order chi connectivity index (χ0) is 12.1. The third kappa shape index (κ3) is 2.95. The molecule has 0 N–H and O–H groups in total. The Balaban J connectivity index is 2.39. The fourth-order valence-corrected chi connectivity index (χ4v) is 2.10. The van der Waals surface area contributed by atoms with E-state index in [1.54, 1.807) is 0 Å². The van der Waals surface area contributed by atoms with Gasteiger partial charge >= 0.3 is 0 Å². The van der Waals surface area contributed by atoms with Crippen molar-refractivity contribution in [2.24, 2.45) is 0 Å². The second kappa shape index (κ2) is 5.65. The number of nitrogens with zero attached hydrogens (tertiary/aromatic N) is 1. The van der Waals surface area contributed by atoms with Crippen LogP contribution in [-0.2, 0) is 0 Å². The fourth-order valence-electron chi connectivity index (χ4n) is 1.90. The van der Waals surface area contributed by atoms with Crippen LogP contribution >= 0.6 is 11.6 Å². The van der Waals surface area contributed by atoms with E-state index in [2.05, 4.69) is 17.6 Å². The van der Waals surface area contributed by atoms with Crippen LogP contribution in [0.2, 0.25) is 5.02 Å². The van der Waals surface area contributed by atoms with Gasteiger partial charge in [-0.1, -0.05) is 35.9 Å². The van der Waals surface area contributed by atoms with Gasteiger partial charge in [0.15, 0.2) is 0 Å². The first-order valence-electron chi connectivity index (χ1n) is 5.58. The minimum Gasteiger partial charge on any atom is -0.261 e. The first-order chi connectivity index (χ1) is 8.31. The topological polar surface area (TPSA) is 12.9 Å². The lowest BCUT2D eigenvalue weighted by Gasteiger charge is -2.15. The van der Waals surface area contributed by atoms with Crippen LogP contribution in [0.5, 0.6) is 0 Å². The quantitative estimate of drug-likeness (QED) is 0.724. The Morgan fingerprint density at radius 2 is 2.12 bits per heavy atom. The maximum atomic E-state index is 6.03. The summed E-state index contributed by atoms with van der Waals surface area (Å²) in [5, 5.41) is 0.757. The summed E-state index contributed by atoms with van der Waals surface area (Å²) in [7, 11) is 0. The maximum Gasteiger partial charge on any atom is 0.0481 e. The van der Waals surface area contributed by atoms with E-state index in [0.29, 0.717) is 0 Å². The molecule has 0 fully saturated rings. The molecule has 1 aromatic carbocycles. The summed E-state index contributed by atoms with van der Waals surface area (Å²) in [6.45, 7) is 3.81. The summed E-state index contributed by atoms with van der Waals surface area (Å²) in [5.74, 6) is 0.229. The first-order valence-corrected chi connectivity index (χ1v) is 5.96. The van der Waals surface area contributed by atoms with Crippen LogP contribution in [-0.4, -0.2) is 4.98 Å². The summed E-state index contributed by atoms with van der Waals surface area (Å²) in [6.07, 6.45) is 4.59. The highest BCUT2D eigenvalue weighted by molar-refractivity contribution is 6.30. The average Bonchev–Trinajstić information content (AvgIpc) is 2.37. The zero-order valence-electron chi connectivity index (χ0n) is 9.51. The lowest BCUT2D eigenvalue weighted by Crippen LogP contribution is -2.02. The van der Waals surface area contributed by atoms with E-state index in [1.165, 1.54) is 5.56 Å². The van der Waals surface area contributed by atoms with Crippen LogP contribution in [0.4, 0.5) is 0 Å². The molecule has 1 aromatic heterocycles. The average molecular weight is 244 g/mol. The van der Waals surface area contributed by atoms with E-state index in [-0.39, 0.29) is 5.92 Å². The van der Waals surface area contributed by atoms with Crippen molar-refractivity contribution in [1.82, 2.24) is 4.98 Å². The Bertz CT molecular complexity index is 493. The van der Waals surface area contributed by atoms with Crippen LogP contribution in [0.3, 0.4) is 0 Å². The van der Waals surface area contributed by atoms with Crippen molar-refractivity contribution in [3.63, 3.8) is 0 Å². The molecule has 86 valence electrons. The number of allylic oxidation sites excluding steroid dienone is 1. The lowest BCUT2D eigenvalue weighted by atomic mass is 9.92. The van der Waals surface area contributed by atoms with Gasteiger partial charge in [-0.25, -0.2) is 0 Å². The van der Waals surface area contributed by atoms with Gasteiger partial charge in [-0.2, -0.15) is 0 Å². The summed E-state index contributed by atoms with van der Waals surface area (Å²) in [4.78, 5) is 4.41. The number of rotatable bonds is 4. The molecule has 0 aliphatic carbocycles. The van der Waals surface area contributed by atoms with E-state index in [9.17, 15) is 0 Å². The molecule has 1 heterocycles. The smallest absolute Gasteiger partial charge is 0.0481 e. The van der Waals surface area contributed by atoms with Gasteiger partial charge in [0.2, 0.25) is 0 Å². The van der Waals surface area contributed by atoms with Crippen molar-refractivity contribution >= 4 is 11.6 Å². The van der Waals surface area contributed by atoms with Gasteiger partial charge in [0.05, 0.1) is 0 Å². The molecule has 0 aliphatic heterocycles. The molecule has 0 spiro atoms. The van der Waals surface area contributed by atoms with E-state index in [0.717, 1.165) is 17.1 Å². The molecule has 0 saturated carbocycles. The molecule has 2 rings (SSSR count). The zero-order valence-corrected chi connectivity index (χ0v) is 10.3. The van der Waals surface area contributed by atoms with Gasteiger partial charge in [0.25, 0.3) is 0 Å². The summed E-state index contributed by atoms with van der Waals surface area (Å²) < 4.78 is 0. The van der Waals surface area contributed by atoms with E-state index >= 15 is 0 Å².